The second-order valence-corrected chi connectivity index (χ2v) is 3.48. The molecule has 1 unspecified atom stereocenters. The average molecular weight is 177 g/mol. The number of rotatable bonds is 3. The summed E-state index contributed by atoms with van der Waals surface area (Å²) in [6.45, 7) is 7.01. The van der Waals surface area contributed by atoms with Crippen LogP contribution in [0.25, 0.3) is 0 Å². The highest BCUT2D eigenvalue weighted by Crippen LogP contribution is 2.19. The van der Waals surface area contributed by atoms with E-state index in [9.17, 15) is 0 Å². The molecule has 13 heavy (non-hydrogen) atoms. The van der Waals surface area contributed by atoms with Gasteiger partial charge in [-0.05, 0) is 12.5 Å². The largest absolute Gasteiger partial charge is 0.297 e. The highest BCUT2D eigenvalue weighted by molar-refractivity contribution is 4.88. The van der Waals surface area contributed by atoms with Crippen molar-refractivity contribution in [3.63, 3.8) is 0 Å². The third-order valence-electron chi connectivity index (χ3n) is 2.53. The lowest BCUT2D eigenvalue weighted by molar-refractivity contribution is 0.351. The van der Waals surface area contributed by atoms with Gasteiger partial charge in [-0.2, -0.15) is 5.10 Å². The summed E-state index contributed by atoms with van der Waals surface area (Å²) >= 11 is 0. The highest BCUT2D eigenvalue weighted by atomic mass is 15.3. The average Bonchev–Trinajstić information content (AvgIpc) is 2.70. The van der Waals surface area contributed by atoms with E-state index in [4.69, 9.17) is 0 Å². The smallest absolute Gasteiger partial charge is 0.0658 e. The summed E-state index contributed by atoms with van der Waals surface area (Å²) < 4.78 is 2.06. The first-order valence-corrected chi connectivity index (χ1v) is 4.72. The molecule has 70 valence electrons. The summed E-state index contributed by atoms with van der Waals surface area (Å²) in [5, 5.41) is 4.26. The Kier molecular flexibility index (Phi) is 2.45. The minimum absolute atomic E-state index is 0.565. The first-order valence-electron chi connectivity index (χ1n) is 4.72. The van der Waals surface area contributed by atoms with Crippen molar-refractivity contribution in [1.29, 1.82) is 0 Å². The zero-order valence-electron chi connectivity index (χ0n) is 7.76. The Morgan fingerprint density at radius 2 is 2.54 bits per heavy atom. The van der Waals surface area contributed by atoms with Crippen LogP contribution in [-0.4, -0.2) is 34.3 Å². The lowest BCUT2D eigenvalue weighted by Gasteiger charge is -2.13. The van der Waals surface area contributed by atoms with Crippen LogP contribution in [0.2, 0.25) is 0 Å². The normalized spacial score (nSPS) is 23.5. The Balaban J connectivity index is 1.95. The van der Waals surface area contributed by atoms with E-state index >= 15 is 0 Å². The molecular formula is C10H15N3. The molecule has 2 rings (SSSR count). The van der Waals surface area contributed by atoms with Gasteiger partial charge < -0.3 is 0 Å². The first kappa shape index (κ1) is 8.51. The van der Waals surface area contributed by atoms with Gasteiger partial charge in [-0.15, -0.1) is 6.58 Å². The van der Waals surface area contributed by atoms with Gasteiger partial charge in [0.1, 0.15) is 0 Å². The minimum Gasteiger partial charge on any atom is -0.297 e. The van der Waals surface area contributed by atoms with Crippen molar-refractivity contribution in [1.82, 2.24) is 14.7 Å². The van der Waals surface area contributed by atoms with E-state index in [1.54, 1.807) is 0 Å². The molecule has 3 heteroatoms. The molecule has 0 amide bonds. The summed E-state index contributed by atoms with van der Waals surface area (Å²) in [6, 6.07) is 2.55. The van der Waals surface area contributed by atoms with Crippen molar-refractivity contribution in [3.05, 3.63) is 31.1 Å². The predicted octanol–water partition coefficient (Wildman–Crippen LogP) is 1.32. The Morgan fingerprint density at radius 3 is 3.23 bits per heavy atom. The van der Waals surface area contributed by atoms with Gasteiger partial charge in [0, 0.05) is 32.0 Å². The van der Waals surface area contributed by atoms with Crippen LogP contribution in [-0.2, 0) is 0 Å². The van der Waals surface area contributed by atoms with E-state index < -0.39 is 0 Å². The van der Waals surface area contributed by atoms with Crippen LogP contribution in [0.5, 0.6) is 0 Å². The first-order chi connectivity index (χ1) is 6.40. The predicted molar refractivity (Wildman–Crippen MR) is 52.5 cm³/mol. The van der Waals surface area contributed by atoms with Gasteiger partial charge in [0.15, 0.2) is 0 Å². The van der Waals surface area contributed by atoms with Crippen LogP contribution < -0.4 is 0 Å². The van der Waals surface area contributed by atoms with E-state index in [1.165, 1.54) is 6.42 Å². The molecular weight excluding hydrogens is 162 g/mol. The number of likely N-dealkylation sites (tertiary alicyclic amines) is 1. The van der Waals surface area contributed by atoms with E-state index in [2.05, 4.69) is 21.3 Å². The van der Waals surface area contributed by atoms with Gasteiger partial charge in [-0.25, -0.2) is 0 Å². The molecule has 1 saturated heterocycles. The molecule has 0 aromatic carbocycles. The molecule has 1 aliphatic rings. The molecule has 0 spiro atoms. The molecule has 0 radical (unpaired) electrons. The van der Waals surface area contributed by atoms with E-state index in [0.717, 1.165) is 19.6 Å². The molecule has 0 aliphatic carbocycles. The standard InChI is InChI=1S/C10H15N3/c1-2-6-12-8-4-10(9-12)13-7-3-5-11-13/h2-3,5,7,10H,1,4,6,8-9H2. The fraction of sp³-hybridized carbons (Fsp3) is 0.500. The Hall–Kier alpha value is -1.09. The van der Waals surface area contributed by atoms with Gasteiger partial charge in [-0.1, -0.05) is 6.08 Å². The second-order valence-electron chi connectivity index (χ2n) is 3.48. The van der Waals surface area contributed by atoms with Crippen LogP contribution >= 0.6 is 0 Å². The van der Waals surface area contributed by atoms with Crippen molar-refractivity contribution < 1.29 is 0 Å². The van der Waals surface area contributed by atoms with Gasteiger partial charge in [0.2, 0.25) is 0 Å². The molecule has 2 heterocycles. The van der Waals surface area contributed by atoms with Crippen molar-refractivity contribution in [3.8, 4) is 0 Å². The summed E-state index contributed by atoms with van der Waals surface area (Å²) in [5.74, 6) is 0. The van der Waals surface area contributed by atoms with Crippen LogP contribution in [0, 0.1) is 0 Å². The SMILES string of the molecule is C=CCN1CCC(n2cccn2)C1. The van der Waals surface area contributed by atoms with Crippen LogP contribution in [0.4, 0.5) is 0 Å². The van der Waals surface area contributed by atoms with Crippen molar-refractivity contribution >= 4 is 0 Å². The summed E-state index contributed by atoms with van der Waals surface area (Å²) in [6.07, 6.45) is 7.05. The maximum absolute atomic E-state index is 4.26. The molecule has 3 nitrogen and oxygen atoms in total. The second kappa shape index (κ2) is 3.75. The van der Waals surface area contributed by atoms with Crippen molar-refractivity contribution in [2.45, 2.75) is 12.5 Å². The van der Waals surface area contributed by atoms with E-state index in [1.807, 2.05) is 24.5 Å². The number of nitrogens with zero attached hydrogens (tertiary/aromatic N) is 3. The van der Waals surface area contributed by atoms with Crippen LogP contribution in [0.1, 0.15) is 12.5 Å². The maximum atomic E-state index is 4.26. The quantitative estimate of drug-likeness (QED) is 0.649. The minimum atomic E-state index is 0.565. The molecule has 1 fully saturated rings. The zero-order chi connectivity index (χ0) is 9.10. The van der Waals surface area contributed by atoms with Crippen LogP contribution in [0.15, 0.2) is 31.1 Å². The van der Waals surface area contributed by atoms with E-state index in [0.29, 0.717) is 6.04 Å². The lowest BCUT2D eigenvalue weighted by atomic mass is 10.3. The molecule has 1 aromatic heterocycles. The lowest BCUT2D eigenvalue weighted by Crippen LogP contribution is -2.21. The van der Waals surface area contributed by atoms with Gasteiger partial charge in [0.25, 0.3) is 0 Å². The summed E-state index contributed by atoms with van der Waals surface area (Å²) in [5.41, 5.74) is 0. The van der Waals surface area contributed by atoms with Crippen LogP contribution in [0.3, 0.4) is 0 Å². The number of hydrogen-bond acceptors (Lipinski definition) is 2. The van der Waals surface area contributed by atoms with Crippen molar-refractivity contribution in [2.24, 2.45) is 0 Å². The molecule has 1 aliphatic heterocycles. The number of hydrogen-bond donors (Lipinski definition) is 0. The van der Waals surface area contributed by atoms with Crippen molar-refractivity contribution in [2.75, 3.05) is 19.6 Å². The highest BCUT2D eigenvalue weighted by Gasteiger charge is 2.22. The molecule has 1 atom stereocenters. The fourth-order valence-corrected chi connectivity index (χ4v) is 1.87. The molecule has 0 N–H and O–H groups in total. The molecule has 0 saturated carbocycles. The monoisotopic (exact) mass is 177 g/mol. The third kappa shape index (κ3) is 1.80. The van der Waals surface area contributed by atoms with Gasteiger partial charge >= 0.3 is 0 Å². The number of aromatic nitrogens is 2. The fourth-order valence-electron chi connectivity index (χ4n) is 1.87. The maximum Gasteiger partial charge on any atom is 0.0658 e. The van der Waals surface area contributed by atoms with Gasteiger partial charge in [-0.3, -0.25) is 9.58 Å². The van der Waals surface area contributed by atoms with E-state index in [-0.39, 0.29) is 0 Å². The molecule has 0 bridgehead atoms. The zero-order valence-corrected chi connectivity index (χ0v) is 7.76. The molecule has 1 aromatic rings. The summed E-state index contributed by atoms with van der Waals surface area (Å²) in [7, 11) is 0. The Morgan fingerprint density at radius 1 is 1.62 bits per heavy atom. The Bertz CT molecular complexity index is 266. The Labute approximate surface area is 78.7 Å². The topological polar surface area (TPSA) is 21.1 Å². The van der Waals surface area contributed by atoms with Gasteiger partial charge in [0.05, 0.1) is 6.04 Å². The summed E-state index contributed by atoms with van der Waals surface area (Å²) in [4.78, 5) is 2.40. The third-order valence-corrected chi connectivity index (χ3v) is 2.53.